The maximum atomic E-state index is 12.6. The second kappa shape index (κ2) is 6.28. The van der Waals surface area contributed by atoms with Crippen LogP contribution in [0.4, 0.5) is 5.69 Å². The summed E-state index contributed by atoms with van der Waals surface area (Å²) < 4.78 is 5.25. The van der Waals surface area contributed by atoms with Crippen molar-refractivity contribution in [3.63, 3.8) is 0 Å². The topological polar surface area (TPSA) is 63.7 Å². The molecule has 0 aliphatic carbocycles. The van der Waals surface area contributed by atoms with Crippen molar-refractivity contribution in [1.82, 2.24) is 0 Å². The number of carbonyl (C=O) groups excluding carboxylic acids is 3. The van der Waals surface area contributed by atoms with Gasteiger partial charge < -0.3 is 4.74 Å². The van der Waals surface area contributed by atoms with Gasteiger partial charge in [-0.1, -0.05) is 38.1 Å². The zero-order valence-corrected chi connectivity index (χ0v) is 13.5. The molecular formula is C19H17NO4. The van der Waals surface area contributed by atoms with Gasteiger partial charge in [-0.2, -0.15) is 0 Å². The zero-order valence-electron chi connectivity index (χ0n) is 13.5. The molecule has 0 bridgehead atoms. The predicted molar refractivity (Wildman–Crippen MR) is 89.1 cm³/mol. The summed E-state index contributed by atoms with van der Waals surface area (Å²) in [6, 6.07) is 13.1. The smallest absolute Gasteiger partial charge is 0.340 e. The first-order valence-electron chi connectivity index (χ1n) is 7.74. The summed E-state index contributed by atoms with van der Waals surface area (Å²) in [5.41, 5.74) is 1.13. The van der Waals surface area contributed by atoms with Crippen LogP contribution in [0.1, 0.15) is 44.9 Å². The fourth-order valence-electron chi connectivity index (χ4n) is 2.57. The molecule has 2 aromatic carbocycles. The summed E-state index contributed by atoms with van der Waals surface area (Å²) in [7, 11) is 0. The molecule has 5 heteroatoms. The second-order valence-corrected chi connectivity index (χ2v) is 6.00. The lowest BCUT2D eigenvalue weighted by Gasteiger charge is -2.17. The number of nitrogens with zero attached hydrogens (tertiary/aromatic N) is 1. The third kappa shape index (κ3) is 2.69. The van der Waals surface area contributed by atoms with E-state index in [2.05, 4.69) is 0 Å². The molecule has 2 amide bonds. The molecule has 0 saturated carbocycles. The second-order valence-electron chi connectivity index (χ2n) is 6.00. The number of benzene rings is 2. The minimum absolute atomic E-state index is 0.195. The van der Waals surface area contributed by atoms with Gasteiger partial charge >= 0.3 is 5.97 Å². The lowest BCUT2D eigenvalue weighted by Crippen LogP contribution is -2.31. The van der Waals surface area contributed by atoms with Gasteiger partial charge in [0, 0.05) is 0 Å². The first-order chi connectivity index (χ1) is 11.5. The standard InChI is InChI=1S/C19H17NO4/c1-12(2)11-24-19(23)15-9-5-6-10-16(15)20-17(21)13-7-3-4-8-14(13)18(20)22/h3-10,12H,11H2,1-2H3. The Bertz CT molecular complexity index is 791. The Kier molecular flexibility index (Phi) is 4.16. The molecule has 122 valence electrons. The number of hydrogen-bond acceptors (Lipinski definition) is 4. The van der Waals surface area contributed by atoms with Gasteiger partial charge in [0.2, 0.25) is 0 Å². The number of fused-ring (bicyclic) bond motifs is 1. The van der Waals surface area contributed by atoms with Gasteiger partial charge in [0.05, 0.1) is 29.0 Å². The summed E-state index contributed by atoms with van der Waals surface area (Å²) >= 11 is 0. The minimum atomic E-state index is -0.546. The Labute approximate surface area is 139 Å². The molecule has 0 unspecified atom stereocenters. The van der Waals surface area contributed by atoms with Crippen molar-refractivity contribution in [2.24, 2.45) is 5.92 Å². The number of imide groups is 1. The van der Waals surface area contributed by atoms with Crippen LogP contribution >= 0.6 is 0 Å². The lowest BCUT2D eigenvalue weighted by molar-refractivity contribution is 0.0460. The molecule has 2 aromatic rings. The predicted octanol–water partition coefficient (Wildman–Crippen LogP) is 3.30. The maximum Gasteiger partial charge on any atom is 0.340 e. The molecule has 24 heavy (non-hydrogen) atoms. The monoisotopic (exact) mass is 323 g/mol. The van der Waals surface area contributed by atoms with E-state index >= 15 is 0 Å². The van der Waals surface area contributed by atoms with E-state index in [1.165, 1.54) is 0 Å². The van der Waals surface area contributed by atoms with Crippen LogP contribution in [0.15, 0.2) is 48.5 Å². The summed E-state index contributed by atoms with van der Waals surface area (Å²) in [4.78, 5) is 38.6. The zero-order chi connectivity index (χ0) is 17.3. The van der Waals surface area contributed by atoms with Crippen molar-refractivity contribution >= 4 is 23.5 Å². The van der Waals surface area contributed by atoms with Crippen molar-refractivity contribution in [2.45, 2.75) is 13.8 Å². The molecule has 5 nitrogen and oxygen atoms in total. The molecule has 1 aliphatic heterocycles. The summed E-state index contributed by atoms with van der Waals surface area (Å²) in [6.45, 7) is 4.14. The molecule has 0 radical (unpaired) electrons. The van der Waals surface area contributed by atoms with Crippen molar-refractivity contribution in [1.29, 1.82) is 0 Å². The van der Waals surface area contributed by atoms with Crippen molar-refractivity contribution in [3.05, 3.63) is 65.2 Å². The highest BCUT2D eigenvalue weighted by Gasteiger charge is 2.38. The third-order valence-electron chi connectivity index (χ3n) is 3.71. The normalized spacial score (nSPS) is 13.4. The first kappa shape index (κ1) is 15.9. The molecule has 3 rings (SSSR count). The van der Waals surface area contributed by atoms with Crippen LogP contribution in [0.3, 0.4) is 0 Å². The molecular weight excluding hydrogens is 306 g/mol. The molecule has 1 heterocycles. The van der Waals surface area contributed by atoms with Gasteiger partial charge in [-0.05, 0) is 30.2 Å². The number of esters is 1. The molecule has 0 fully saturated rings. The van der Waals surface area contributed by atoms with Crippen LogP contribution in [0.5, 0.6) is 0 Å². The quantitative estimate of drug-likeness (QED) is 0.640. The highest BCUT2D eigenvalue weighted by molar-refractivity contribution is 6.35. The van der Waals surface area contributed by atoms with Crippen molar-refractivity contribution in [3.8, 4) is 0 Å². The Balaban J connectivity index is 1.98. The average Bonchev–Trinajstić information content (AvgIpc) is 2.84. The lowest BCUT2D eigenvalue weighted by atomic mass is 10.1. The molecule has 0 N–H and O–H groups in total. The molecule has 1 aliphatic rings. The van der Waals surface area contributed by atoms with E-state index in [4.69, 9.17) is 4.74 Å². The van der Waals surface area contributed by atoms with E-state index in [-0.39, 0.29) is 23.8 Å². The van der Waals surface area contributed by atoms with E-state index in [0.717, 1.165) is 4.90 Å². The highest BCUT2D eigenvalue weighted by Crippen LogP contribution is 2.31. The average molecular weight is 323 g/mol. The summed E-state index contributed by atoms with van der Waals surface area (Å²) in [5.74, 6) is -1.21. The van der Waals surface area contributed by atoms with Crippen LogP contribution in [-0.4, -0.2) is 24.4 Å². The van der Waals surface area contributed by atoms with E-state index in [9.17, 15) is 14.4 Å². The van der Waals surface area contributed by atoms with E-state index < -0.39 is 17.8 Å². The fourth-order valence-corrected chi connectivity index (χ4v) is 2.57. The Hall–Kier alpha value is -2.95. The number of hydrogen-bond donors (Lipinski definition) is 0. The molecule has 0 spiro atoms. The van der Waals surface area contributed by atoms with Gasteiger partial charge in [-0.3, -0.25) is 9.59 Å². The van der Waals surface area contributed by atoms with Gasteiger partial charge in [-0.25, -0.2) is 9.69 Å². The molecule has 0 atom stereocenters. The van der Waals surface area contributed by atoms with Crippen LogP contribution < -0.4 is 4.90 Å². The minimum Gasteiger partial charge on any atom is -0.462 e. The van der Waals surface area contributed by atoms with E-state index in [1.807, 2.05) is 13.8 Å². The number of carbonyl (C=O) groups is 3. The van der Waals surface area contributed by atoms with Gasteiger partial charge in [0.1, 0.15) is 0 Å². The van der Waals surface area contributed by atoms with Gasteiger partial charge in [0.15, 0.2) is 0 Å². The SMILES string of the molecule is CC(C)COC(=O)c1ccccc1N1C(=O)c2ccccc2C1=O. The number of amides is 2. The maximum absolute atomic E-state index is 12.6. The van der Waals surface area contributed by atoms with Crippen LogP contribution in [0.25, 0.3) is 0 Å². The van der Waals surface area contributed by atoms with Gasteiger partial charge in [0.25, 0.3) is 11.8 Å². The number of anilines is 1. The molecule has 0 saturated heterocycles. The van der Waals surface area contributed by atoms with Crippen molar-refractivity contribution in [2.75, 3.05) is 11.5 Å². The number of ether oxygens (including phenoxy) is 1. The van der Waals surface area contributed by atoms with Crippen molar-refractivity contribution < 1.29 is 19.1 Å². The largest absolute Gasteiger partial charge is 0.462 e. The van der Waals surface area contributed by atoms with Crippen LogP contribution in [-0.2, 0) is 4.74 Å². The first-order valence-corrected chi connectivity index (χ1v) is 7.74. The van der Waals surface area contributed by atoms with Crippen LogP contribution in [0, 0.1) is 5.92 Å². The molecule has 0 aromatic heterocycles. The van der Waals surface area contributed by atoms with Gasteiger partial charge in [-0.15, -0.1) is 0 Å². The third-order valence-corrected chi connectivity index (χ3v) is 3.71. The van der Waals surface area contributed by atoms with Crippen LogP contribution in [0.2, 0.25) is 0 Å². The Morgan fingerprint density at radius 1 is 0.958 bits per heavy atom. The fraction of sp³-hybridized carbons (Fsp3) is 0.211. The highest BCUT2D eigenvalue weighted by atomic mass is 16.5. The summed E-state index contributed by atoms with van der Waals surface area (Å²) in [5, 5.41) is 0. The van der Waals surface area contributed by atoms with E-state index in [1.54, 1.807) is 48.5 Å². The number of rotatable bonds is 4. The Morgan fingerprint density at radius 3 is 2.08 bits per heavy atom. The Morgan fingerprint density at radius 2 is 1.50 bits per heavy atom. The van der Waals surface area contributed by atoms with E-state index in [0.29, 0.717) is 11.1 Å². The summed E-state index contributed by atoms with van der Waals surface area (Å²) in [6.07, 6.45) is 0. The number of para-hydroxylation sites is 1.